The molecule has 1 aromatic carbocycles. The van der Waals surface area contributed by atoms with E-state index < -0.39 is 10.0 Å². The number of benzene rings is 1. The Hall–Kier alpha value is -1.74. The minimum atomic E-state index is -3.41. The first-order valence-electron chi connectivity index (χ1n) is 9.56. The molecule has 0 unspecified atom stereocenters. The molecule has 1 atom stereocenters. The number of piperazine rings is 1. The highest BCUT2D eigenvalue weighted by Crippen LogP contribution is 2.22. The number of anilines is 1. The van der Waals surface area contributed by atoms with E-state index in [9.17, 15) is 13.2 Å². The average Bonchev–Trinajstić information content (AvgIpc) is 3.24. The van der Waals surface area contributed by atoms with E-state index in [-0.39, 0.29) is 12.5 Å². The minimum Gasteiger partial charge on any atom is -0.325 e. The third-order valence-corrected chi connectivity index (χ3v) is 8.44. The van der Waals surface area contributed by atoms with Crippen LogP contribution in [0, 0.1) is 0 Å². The van der Waals surface area contributed by atoms with Gasteiger partial charge in [0.25, 0.3) is 10.0 Å². The molecule has 152 valence electrons. The van der Waals surface area contributed by atoms with E-state index in [1.54, 1.807) is 17.5 Å². The van der Waals surface area contributed by atoms with Gasteiger partial charge in [0.2, 0.25) is 5.91 Å². The van der Waals surface area contributed by atoms with E-state index in [0.29, 0.717) is 36.3 Å². The summed E-state index contributed by atoms with van der Waals surface area (Å²) in [4.78, 5) is 14.3. The number of nitrogens with zero attached hydrogens (tertiary/aromatic N) is 2. The van der Waals surface area contributed by atoms with Crippen molar-refractivity contribution in [2.75, 3.05) is 38.0 Å². The molecule has 2 aromatic rings. The van der Waals surface area contributed by atoms with E-state index in [1.807, 2.05) is 17.0 Å². The maximum atomic E-state index is 12.6. The molecule has 1 N–H and O–H groups in total. The predicted molar refractivity (Wildman–Crippen MR) is 113 cm³/mol. The van der Waals surface area contributed by atoms with Gasteiger partial charge in [-0.05, 0) is 41.5 Å². The van der Waals surface area contributed by atoms with Gasteiger partial charge in [-0.1, -0.05) is 32.0 Å². The van der Waals surface area contributed by atoms with Crippen molar-refractivity contribution in [3.63, 3.8) is 0 Å². The molecule has 0 bridgehead atoms. The number of hydrogen-bond donors (Lipinski definition) is 1. The van der Waals surface area contributed by atoms with Crippen LogP contribution in [0.1, 0.15) is 31.7 Å². The number of rotatable bonds is 7. The molecule has 28 heavy (non-hydrogen) atoms. The van der Waals surface area contributed by atoms with Crippen LogP contribution >= 0.6 is 11.3 Å². The Labute approximate surface area is 171 Å². The Kier molecular flexibility index (Phi) is 6.87. The summed E-state index contributed by atoms with van der Waals surface area (Å²) in [6, 6.07) is 11.4. The van der Waals surface area contributed by atoms with E-state index in [4.69, 9.17) is 0 Å². The summed E-state index contributed by atoms with van der Waals surface area (Å²) in [7, 11) is -3.41. The summed E-state index contributed by atoms with van der Waals surface area (Å²) >= 11 is 1.23. The number of amides is 1. The smallest absolute Gasteiger partial charge is 0.252 e. The van der Waals surface area contributed by atoms with Crippen molar-refractivity contribution in [1.29, 1.82) is 0 Å². The van der Waals surface area contributed by atoms with Crippen LogP contribution < -0.4 is 5.32 Å². The fraction of sp³-hybridized carbons (Fsp3) is 0.450. The normalized spacial score (nSPS) is 17.4. The molecular weight excluding hydrogens is 394 g/mol. The zero-order valence-electron chi connectivity index (χ0n) is 16.3. The van der Waals surface area contributed by atoms with Crippen LogP contribution in [-0.4, -0.2) is 56.3 Å². The summed E-state index contributed by atoms with van der Waals surface area (Å²) in [5.74, 6) is 0.428. The van der Waals surface area contributed by atoms with Gasteiger partial charge in [-0.3, -0.25) is 9.69 Å². The molecule has 8 heteroatoms. The molecule has 2 heterocycles. The van der Waals surface area contributed by atoms with Crippen molar-refractivity contribution in [2.24, 2.45) is 0 Å². The predicted octanol–water partition coefficient (Wildman–Crippen LogP) is 3.21. The lowest BCUT2D eigenvalue weighted by Gasteiger charge is -2.33. The SMILES string of the molecule is CC[C@H](C)c1ccc(NC(=O)CN2CCN(S(=O)(=O)c3cccs3)CC2)cc1. The average molecular weight is 422 g/mol. The van der Waals surface area contributed by atoms with Gasteiger partial charge in [0.15, 0.2) is 0 Å². The van der Waals surface area contributed by atoms with Crippen molar-refractivity contribution in [3.05, 3.63) is 47.3 Å². The molecule has 1 aromatic heterocycles. The van der Waals surface area contributed by atoms with Crippen LogP contribution in [0.15, 0.2) is 46.0 Å². The van der Waals surface area contributed by atoms with Gasteiger partial charge in [0.1, 0.15) is 4.21 Å². The molecule has 0 saturated carbocycles. The second kappa shape index (κ2) is 9.17. The number of nitrogens with one attached hydrogen (secondary N) is 1. The monoisotopic (exact) mass is 421 g/mol. The molecular formula is C20H27N3O3S2. The molecule has 6 nitrogen and oxygen atoms in total. The van der Waals surface area contributed by atoms with Gasteiger partial charge in [0.05, 0.1) is 6.54 Å². The summed E-state index contributed by atoms with van der Waals surface area (Å²) in [5, 5.41) is 4.69. The van der Waals surface area contributed by atoms with Crippen LogP contribution in [-0.2, 0) is 14.8 Å². The first kappa shape index (κ1) is 21.0. The Morgan fingerprint density at radius 1 is 1.14 bits per heavy atom. The van der Waals surface area contributed by atoms with Gasteiger partial charge in [-0.15, -0.1) is 11.3 Å². The number of carbonyl (C=O) groups is 1. The van der Waals surface area contributed by atoms with Crippen LogP contribution in [0.25, 0.3) is 0 Å². The Morgan fingerprint density at radius 2 is 1.82 bits per heavy atom. The molecule has 0 radical (unpaired) electrons. The third kappa shape index (κ3) is 5.00. The van der Waals surface area contributed by atoms with Crippen molar-refractivity contribution in [1.82, 2.24) is 9.21 Å². The van der Waals surface area contributed by atoms with Gasteiger partial charge in [-0.2, -0.15) is 4.31 Å². The third-order valence-electron chi connectivity index (χ3n) is 5.16. The molecule has 1 amide bonds. The largest absolute Gasteiger partial charge is 0.325 e. The fourth-order valence-electron chi connectivity index (χ4n) is 3.20. The highest BCUT2D eigenvalue weighted by atomic mass is 32.2. The summed E-state index contributed by atoms with van der Waals surface area (Å²) in [6.07, 6.45) is 1.08. The number of sulfonamides is 1. The zero-order valence-corrected chi connectivity index (χ0v) is 17.9. The summed E-state index contributed by atoms with van der Waals surface area (Å²) in [6.45, 7) is 6.50. The highest BCUT2D eigenvalue weighted by molar-refractivity contribution is 7.91. The molecule has 1 aliphatic heterocycles. The Morgan fingerprint density at radius 3 is 2.39 bits per heavy atom. The molecule has 1 saturated heterocycles. The molecule has 0 aliphatic carbocycles. The number of thiophene rings is 1. The standard InChI is InChI=1S/C20H27N3O3S2/c1-3-16(2)17-6-8-18(9-7-17)21-19(24)15-22-10-12-23(13-11-22)28(25,26)20-5-4-14-27-20/h4-9,14,16H,3,10-13,15H2,1-2H3,(H,21,24)/t16-/m0/s1. The molecule has 3 rings (SSSR count). The maximum Gasteiger partial charge on any atom is 0.252 e. The first-order chi connectivity index (χ1) is 13.4. The maximum absolute atomic E-state index is 12.6. The van der Waals surface area contributed by atoms with Crippen molar-refractivity contribution in [2.45, 2.75) is 30.4 Å². The second-order valence-electron chi connectivity index (χ2n) is 7.09. The lowest BCUT2D eigenvalue weighted by atomic mass is 9.99. The Bertz CT molecular complexity index is 872. The first-order valence-corrected chi connectivity index (χ1v) is 11.9. The molecule has 1 aliphatic rings. The van der Waals surface area contributed by atoms with E-state index in [1.165, 1.54) is 21.2 Å². The van der Waals surface area contributed by atoms with Crippen LogP contribution in [0.2, 0.25) is 0 Å². The van der Waals surface area contributed by atoms with Crippen LogP contribution in [0.3, 0.4) is 0 Å². The van der Waals surface area contributed by atoms with Crippen LogP contribution in [0.5, 0.6) is 0 Å². The topological polar surface area (TPSA) is 69.7 Å². The quantitative estimate of drug-likeness (QED) is 0.745. The van der Waals surface area contributed by atoms with Crippen molar-refractivity contribution >= 4 is 33.0 Å². The lowest BCUT2D eigenvalue weighted by Crippen LogP contribution is -2.50. The zero-order chi connectivity index (χ0) is 20.1. The summed E-state index contributed by atoms with van der Waals surface area (Å²) in [5.41, 5.74) is 2.06. The van der Waals surface area contributed by atoms with Gasteiger partial charge >= 0.3 is 0 Å². The fourth-order valence-corrected chi connectivity index (χ4v) is 5.77. The lowest BCUT2D eigenvalue weighted by molar-refractivity contribution is -0.117. The highest BCUT2D eigenvalue weighted by Gasteiger charge is 2.29. The van der Waals surface area contributed by atoms with E-state index in [2.05, 4.69) is 31.3 Å². The Balaban J connectivity index is 1.49. The number of hydrogen-bond acceptors (Lipinski definition) is 5. The van der Waals surface area contributed by atoms with Gasteiger partial charge in [0, 0.05) is 31.9 Å². The van der Waals surface area contributed by atoms with Crippen molar-refractivity contribution < 1.29 is 13.2 Å². The van der Waals surface area contributed by atoms with E-state index >= 15 is 0 Å². The van der Waals surface area contributed by atoms with Gasteiger partial charge < -0.3 is 5.32 Å². The number of carbonyl (C=O) groups excluding carboxylic acids is 1. The van der Waals surface area contributed by atoms with E-state index in [0.717, 1.165) is 12.1 Å². The van der Waals surface area contributed by atoms with Crippen LogP contribution in [0.4, 0.5) is 5.69 Å². The minimum absolute atomic E-state index is 0.0779. The second-order valence-corrected chi connectivity index (χ2v) is 10.2. The molecule has 0 spiro atoms. The summed E-state index contributed by atoms with van der Waals surface area (Å²) < 4.78 is 27.0. The van der Waals surface area contributed by atoms with Crippen molar-refractivity contribution in [3.8, 4) is 0 Å². The van der Waals surface area contributed by atoms with Gasteiger partial charge in [-0.25, -0.2) is 8.42 Å². The molecule has 1 fully saturated rings.